The van der Waals surface area contributed by atoms with Crippen LogP contribution in [0.1, 0.15) is 32.0 Å². The van der Waals surface area contributed by atoms with E-state index in [2.05, 4.69) is 38.5 Å². The maximum atomic E-state index is 5.80. The van der Waals surface area contributed by atoms with Gasteiger partial charge in [0.1, 0.15) is 5.82 Å². The van der Waals surface area contributed by atoms with Crippen LogP contribution in [0.3, 0.4) is 0 Å². The molecule has 0 bridgehead atoms. The van der Waals surface area contributed by atoms with Crippen molar-refractivity contribution in [2.24, 2.45) is 0 Å². The maximum absolute atomic E-state index is 5.80. The Morgan fingerprint density at radius 3 is 2.81 bits per heavy atom. The molecule has 1 aromatic rings. The van der Waals surface area contributed by atoms with E-state index >= 15 is 0 Å². The number of anilines is 2. The lowest BCUT2D eigenvalue weighted by Gasteiger charge is -2.23. The number of likely N-dealkylation sites (tertiary alicyclic amines) is 1. The smallest absolute Gasteiger partial charge is 0.229 e. The SMILES string of the molecule is CCS[C@H]1CCCCN(Cc2nc(N)nc(N(C)C)n2)C1. The molecule has 0 saturated carbocycles. The second-order valence-electron chi connectivity index (χ2n) is 5.61. The molecule has 2 heterocycles. The van der Waals surface area contributed by atoms with Gasteiger partial charge in [-0.3, -0.25) is 4.90 Å². The highest BCUT2D eigenvalue weighted by atomic mass is 32.2. The van der Waals surface area contributed by atoms with Crippen LogP contribution in [0.15, 0.2) is 0 Å². The van der Waals surface area contributed by atoms with Crippen molar-refractivity contribution in [3.63, 3.8) is 0 Å². The van der Waals surface area contributed by atoms with Crippen LogP contribution in [0.2, 0.25) is 0 Å². The molecule has 0 amide bonds. The van der Waals surface area contributed by atoms with Gasteiger partial charge in [-0.2, -0.15) is 26.7 Å². The summed E-state index contributed by atoms with van der Waals surface area (Å²) in [5, 5.41) is 0.727. The lowest BCUT2D eigenvalue weighted by Crippen LogP contribution is -2.30. The van der Waals surface area contributed by atoms with E-state index in [1.807, 2.05) is 19.0 Å². The monoisotopic (exact) mass is 310 g/mol. The average molecular weight is 310 g/mol. The normalized spacial score (nSPS) is 20.2. The average Bonchev–Trinajstić information content (AvgIpc) is 2.63. The highest BCUT2D eigenvalue weighted by molar-refractivity contribution is 7.99. The first-order valence-electron chi connectivity index (χ1n) is 7.60. The summed E-state index contributed by atoms with van der Waals surface area (Å²) in [5.41, 5.74) is 5.80. The van der Waals surface area contributed by atoms with E-state index in [4.69, 9.17) is 5.73 Å². The third-order valence-electron chi connectivity index (χ3n) is 3.57. The molecule has 2 N–H and O–H groups in total. The van der Waals surface area contributed by atoms with Gasteiger partial charge in [0.2, 0.25) is 11.9 Å². The number of nitrogens with zero attached hydrogens (tertiary/aromatic N) is 5. The van der Waals surface area contributed by atoms with Gasteiger partial charge in [-0.1, -0.05) is 13.3 Å². The van der Waals surface area contributed by atoms with E-state index in [0.29, 0.717) is 11.9 Å². The van der Waals surface area contributed by atoms with Crippen LogP contribution in [-0.4, -0.2) is 58.0 Å². The lowest BCUT2D eigenvalue weighted by atomic mass is 10.2. The van der Waals surface area contributed by atoms with Gasteiger partial charge in [0.15, 0.2) is 0 Å². The molecule has 7 heteroatoms. The molecule has 118 valence electrons. The number of nitrogen functional groups attached to an aromatic ring is 1. The summed E-state index contributed by atoms with van der Waals surface area (Å²) >= 11 is 2.06. The standard InChI is InChI=1S/C14H26N6S/c1-4-21-11-7-5-6-8-20(9-11)10-12-16-13(15)18-14(17-12)19(2)3/h11H,4-10H2,1-3H3,(H2,15,16,17,18)/t11-/m0/s1. The van der Waals surface area contributed by atoms with Crippen LogP contribution in [0.4, 0.5) is 11.9 Å². The second-order valence-corrected chi connectivity index (χ2v) is 7.19. The molecule has 1 aliphatic rings. The van der Waals surface area contributed by atoms with E-state index in [-0.39, 0.29) is 0 Å². The van der Waals surface area contributed by atoms with E-state index in [1.165, 1.54) is 25.0 Å². The van der Waals surface area contributed by atoms with Crippen molar-refractivity contribution in [1.29, 1.82) is 0 Å². The predicted octanol–water partition coefficient (Wildman–Crippen LogP) is 1.63. The van der Waals surface area contributed by atoms with E-state index in [1.54, 1.807) is 0 Å². The minimum atomic E-state index is 0.304. The fourth-order valence-electron chi connectivity index (χ4n) is 2.59. The molecule has 1 aromatic heterocycles. The second kappa shape index (κ2) is 7.79. The van der Waals surface area contributed by atoms with Crippen molar-refractivity contribution in [2.75, 3.05) is 43.6 Å². The Hall–Kier alpha value is -1.08. The van der Waals surface area contributed by atoms with Crippen LogP contribution in [0, 0.1) is 0 Å². The van der Waals surface area contributed by atoms with Gasteiger partial charge in [-0.05, 0) is 25.1 Å². The molecule has 6 nitrogen and oxygen atoms in total. The van der Waals surface area contributed by atoms with Crippen LogP contribution >= 0.6 is 11.8 Å². The third kappa shape index (κ3) is 5.00. The molecule has 1 saturated heterocycles. The summed E-state index contributed by atoms with van der Waals surface area (Å²) in [4.78, 5) is 17.3. The number of nitrogens with two attached hydrogens (primary N) is 1. The number of hydrogen-bond acceptors (Lipinski definition) is 7. The lowest BCUT2D eigenvalue weighted by molar-refractivity contribution is 0.272. The molecule has 1 aliphatic heterocycles. The molecule has 0 aromatic carbocycles. The summed E-state index contributed by atoms with van der Waals surface area (Å²) < 4.78 is 0. The zero-order valence-corrected chi connectivity index (χ0v) is 14.1. The Bertz CT molecular complexity index is 453. The van der Waals surface area contributed by atoms with Gasteiger partial charge in [-0.25, -0.2) is 0 Å². The van der Waals surface area contributed by atoms with Crippen LogP contribution in [0.25, 0.3) is 0 Å². The highest BCUT2D eigenvalue weighted by Crippen LogP contribution is 2.22. The van der Waals surface area contributed by atoms with Crippen molar-refractivity contribution in [2.45, 2.75) is 38.0 Å². The Labute approximate surface area is 131 Å². The van der Waals surface area contributed by atoms with Gasteiger partial charge < -0.3 is 10.6 Å². The molecule has 0 aliphatic carbocycles. The van der Waals surface area contributed by atoms with Gasteiger partial charge in [-0.15, -0.1) is 0 Å². The third-order valence-corrected chi connectivity index (χ3v) is 4.76. The number of thioether (sulfide) groups is 1. The summed E-state index contributed by atoms with van der Waals surface area (Å²) in [6.45, 7) is 5.22. The molecule has 0 unspecified atom stereocenters. The fourth-order valence-corrected chi connectivity index (χ4v) is 3.71. The predicted molar refractivity (Wildman–Crippen MR) is 89.6 cm³/mol. The van der Waals surface area contributed by atoms with Crippen molar-refractivity contribution in [3.05, 3.63) is 5.82 Å². The first-order valence-corrected chi connectivity index (χ1v) is 8.65. The highest BCUT2D eigenvalue weighted by Gasteiger charge is 2.19. The van der Waals surface area contributed by atoms with E-state index in [9.17, 15) is 0 Å². The molecular formula is C14H26N6S. The van der Waals surface area contributed by atoms with E-state index in [0.717, 1.165) is 30.7 Å². The zero-order valence-electron chi connectivity index (χ0n) is 13.2. The largest absolute Gasteiger partial charge is 0.368 e. The molecule has 0 spiro atoms. The van der Waals surface area contributed by atoms with Crippen molar-refractivity contribution >= 4 is 23.7 Å². The minimum absolute atomic E-state index is 0.304. The molecule has 1 fully saturated rings. The maximum Gasteiger partial charge on any atom is 0.229 e. The summed E-state index contributed by atoms with van der Waals surface area (Å²) in [6, 6.07) is 0. The van der Waals surface area contributed by atoms with E-state index < -0.39 is 0 Å². The quantitative estimate of drug-likeness (QED) is 0.886. The molecular weight excluding hydrogens is 284 g/mol. The van der Waals surface area contributed by atoms with Gasteiger partial charge in [0, 0.05) is 25.9 Å². The summed E-state index contributed by atoms with van der Waals surface area (Å²) in [6.07, 6.45) is 3.88. The fraction of sp³-hybridized carbons (Fsp3) is 0.786. The first-order chi connectivity index (χ1) is 10.1. The number of rotatable bonds is 5. The zero-order chi connectivity index (χ0) is 15.2. The van der Waals surface area contributed by atoms with Crippen LogP contribution < -0.4 is 10.6 Å². The topological polar surface area (TPSA) is 71.2 Å². The Kier molecular flexibility index (Phi) is 6.05. The summed E-state index contributed by atoms with van der Waals surface area (Å²) in [5.74, 6) is 2.89. The molecule has 1 atom stereocenters. The van der Waals surface area contributed by atoms with Crippen LogP contribution in [0.5, 0.6) is 0 Å². The van der Waals surface area contributed by atoms with Crippen LogP contribution in [-0.2, 0) is 6.54 Å². The Morgan fingerprint density at radius 1 is 1.29 bits per heavy atom. The number of aromatic nitrogens is 3. The van der Waals surface area contributed by atoms with Crippen molar-refractivity contribution in [1.82, 2.24) is 19.9 Å². The Balaban J connectivity index is 2.05. The first kappa shape index (κ1) is 16.3. The molecule has 2 rings (SSSR count). The van der Waals surface area contributed by atoms with Crippen molar-refractivity contribution in [3.8, 4) is 0 Å². The Morgan fingerprint density at radius 2 is 2.10 bits per heavy atom. The van der Waals surface area contributed by atoms with Gasteiger partial charge in [0.05, 0.1) is 6.54 Å². The summed E-state index contributed by atoms with van der Waals surface area (Å²) in [7, 11) is 3.83. The molecule has 0 radical (unpaired) electrons. The van der Waals surface area contributed by atoms with Gasteiger partial charge in [0.25, 0.3) is 0 Å². The van der Waals surface area contributed by atoms with Crippen molar-refractivity contribution < 1.29 is 0 Å². The number of hydrogen-bond donors (Lipinski definition) is 1. The molecule has 21 heavy (non-hydrogen) atoms. The van der Waals surface area contributed by atoms with Gasteiger partial charge >= 0.3 is 0 Å². The minimum Gasteiger partial charge on any atom is -0.368 e.